The van der Waals surface area contributed by atoms with Crippen molar-refractivity contribution in [3.8, 4) is 0 Å². The summed E-state index contributed by atoms with van der Waals surface area (Å²) in [6, 6.07) is 13.4. The van der Waals surface area contributed by atoms with Crippen molar-refractivity contribution < 1.29 is 4.79 Å². The fourth-order valence-electron chi connectivity index (χ4n) is 2.00. The zero-order chi connectivity index (χ0) is 16.1. The molecule has 0 saturated heterocycles. The highest BCUT2D eigenvalue weighted by molar-refractivity contribution is 6.33. The number of halogens is 1. The van der Waals surface area contributed by atoms with Gasteiger partial charge in [0.05, 0.1) is 16.8 Å². The van der Waals surface area contributed by atoms with Gasteiger partial charge in [0, 0.05) is 0 Å². The topological polar surface area (TPSA) is 41.5 Å². The first-order valence-corrected chi connectivity index (χ1v) is 7.54. The van der Waals surface area contributed by atoms with E-state index in [2.05, 4.69) is 36.5 Å². The summed E-state index contributed by atoms with van der Waals surface area (Å²) >= 11 is 6.05. The van der Waals surface area contributed by atoms with Crippen LogP contribution in [0, 0.1) is 6.92 Å². The second-order valence-corrected chi connectivity index (χ2v) is 5.91. The predicted molar refractivity (Wildman–Crippen MR) is 91.8 cm³/mol. The smallest absolute Gasteiger partial charge is 0.267 e. The van der Waals surface area contributed by atoms with E-state index in [0.717, 1.165) is 11.1 Å². The highest BCUT2D eigenvalue weighted by Gasteiger charge is 2.08. The summed E-state index contributed by atoms with van der Waals surface area (Å²) in [5.74, 6) is 0.175. The van der Waals surface area contributed by atoms with Crippen LogP contribution in [0.2, 0.25) is 5.02 Å². The van der Waals surface area contributed by atoms with Crippen molar-refractivity contribution in [2.24, 2.45) is 5.10 Å². The van der Waals surface area contributed by atoms with E-state index in [0.29, 0.717) is 16.5 Å². The third-order valence-electron chi connectivity index (χ3n) is 3.35. The van der Waals surface area contributed by atoms with Gasteiger partial charge in [0.1, 0.15) is 0 Å². The molecule has 0 aliphatic carbocycles. The average Bonchev–Trinajstić information content (AvgIpc) is 2.47. The molecule has 2 aromatic carbocycles. The van der Waals surface area contributed by atoms with Crippen LogP contribution in [0.4, 0.5) is 0 Å². The molecule has 0 spiro atoms. The summed E-state index contributed by atoms with van der Waals surface area (Å²) in [6.07, 6.45) is 1.62. The van der Waals surface area contributed by atoms with Crippen LogP contribution in [0.5, 0.6) is 0 Å². The molecule has 0 aromatic heterocycles. The molecule has 1 N–H and O–H groups in total. The fraction of sp³-hybridized carbons (Fsp3) is 0.222. The SMILES string of the molecule is Cc1ccc(C(=O)N/N=C/c2ccc(C(C)C)cc2)c(Cl)c1. The summed E-state index contributed by atoms with van der Waals surface area (Å²) < 4.78 is 0. The molecule has 0 saturated carbocycles. The first-order chi connectivity index (χ1) is 10.5. The van der Waals surface area contributed by atoms with Gasteiger partial charge in [0.25, 0.3) is 5.91 Å². The molecule has 0 aliphatic rings. The van der Waals surface area contributed by atoms with Crippen molar-refractivity contribution >= 4 is 23.7 Å². The Morgan fingerprint density at radius 1 is 1.18 bits per heavy atom. The average molecular weight is 315 g/mol. The zero-order valence-electron chi connectivity index (χ0n) is 12.9. The van der Waals surface area contributed by atoms with Crippen molar-refractivity contribution in [3.63, 3.8) is 0 Å². The van der Waals surface area contributed by atoms with Gasteiger partial charge in [-0.15, -0.1) is 0 Å². The normalized spacial score (nSPS) is 11.1. The largest absolute Gasteiger partial charge is 0.272 e. The Bertz CT molecular complexity index is 691. The van der Waals surface area contributed by atoms with Gasteiger partial charge in [0.15, 0.2) is 0 Å². The van der Waals surface area contributed by atoms with E-state index < -0.39 is 0 Å². The maximum absolute atomic E-state index is 12.0. The Labute approximate surface area is 136 Å². The van der Waals surface area contributed by atoms with Gasteiger partial charge in [-0.2, -0.15) is 5.10 Å². The number of hydrogen-bond donors (Lipinski definition) is 1. The van der Waals surface area contributed by atoms with Crippen molar-refractivity contribution in [1.29, 1.82) is 0 Å². The number of benzene rings is 2. The second kappa shape index (κ2) is 7.23. The maximum atomic E-state index is 12.0. The van der Waals surface area contributed by atoms with Gasteiger partial charge < -0.3 is 0 Å². The van der Waals surface area contributed by atoms with E-state index in [1.165, 1.54) is 5.56 Å². The second-order valence-electron chi connectivity index (χ2n) is 5.50. The van der Waals surface area contributed by atoms with Crippen LogP contribution >= 0.6 is 11.6 Å². The predicted octanol–water partition coefficient (Wildman–Crippen LogP) is 4.54. The molecule has 0 aliphatic heterocycles. The summed E-state index contributed by atoms with van der Waals surface area (Å²) in [6.45, 7) is 6.22. The minimum atomic E-state index is -0.319. The highest BCUT2D eigenvalue weighted by atomic mass is 35.5. The summed E-state index contributed by atoms with van der Waals surface area (Å²) in [5.41, 5.74) is 6.12. The molecule has 0 heterocycles. The van der Waals surface area contributed by atoms with Gasteiger partial charge in [-0.05, 0) is 41.7 Å². The third-order valence-corrected chi connectivity index (χ3v) is 3.66. The number of amides is 1. The number of rotatable bonds is 4. The Morgan fingerprint density at radius 2 is 1.86 bits per heavy atom. The van der Waals surface area contributed by atoms with E-state index in [1.54, 1.807) is 18.3 Å². The Kier molecular flexibility index (Phi) is 5.34. The maximum Gasteiger partial charge on any atom is 0.272 e. The number of nitrogens with zero attached hydrogens (tertiary/aromatic N) is 1. The standard InChI is InChI=1S/C18H19ClN2O/c1-12(2)15-7-5-14(6-8-15)11-20-21-18(22)16-9-4-13(3)10-17(16)19/h4-12H,1-3H3,(H,21,22)/b20-11+. The molecule has 0 atom stereocenters. The number of nitrogens with one attached hydrogen (secondary N) is 1. The molecule has 22 heavy (non-hydrogen) atoms. The quantitative estimate of drug-likeness (QED) is 0.653. The third kappa shape index (κ3) is 4.18. The Hall–Kier alpha value is -2.13. The molecular weight excluding hydrogens is 296 g/mol. The zero-order valence-corrected chi connectivity index (χ0v) is 13.7. The molecule has 1 amide bonds. The summed E-state index contributed by atoms with van der Waals surface area (Å²) in [5, 5.41) is 4.40. The lowest BCUT2D eigenvalue weighted by Crippen LogP contribution is -2.18. The van der Waals surface area contributed by atoms with E-state index >= 15 is 0 Å². The van der Waals surface area contributed by atoms with E-state index in [9.17, 15) is 4.79 Å². The number of aryl methyl sites for hydroxylation is 1. The molecular formula is C18H19ClN2O. The van der Waals surface area contributed by atoms with Crippen molar-refractivity contribution in [2.75, 3.05) is 0 Å². The minimum absolute atomic E-state index is 0.319. The van der Waals surface area contributed by atoms with Gasteiger partial charge in [0.2, 0.25) is 0 Å². The minimum Gasteiger partial charge on any atom is -0.267 e. The van der Waals surface area contributed by atoms with Gasteiger partial charge in [-0.25, -0.2) is 5.43 Å². The number of hydrogen-bond acceptors (Lipinski definition) is 2. The van der Waals surface area contributed by atoms with Crippen LogP contribution in [0.3, 0.4) is 0 Å². The fourth-order valence-corrected chi connectivity index (χ4v) is 2.32. The monoisotopic (exact) mass is 314 g/mol. The molecule has 0 bridgehead atoms. The Balaban J connectivity index is 2.01. The van der Waals surface area contributed by atoms with Crippen LogP contribution in [-0.2, 0) is 0 Å². The first kappa shape index (κ1) is 16.2. The van der Waals surface area contributed by atoms with Gasteiger partial charge >= 0.3 is 0 Å². The highest BCUT2D eigenvalue weighted by Crippen LogP contribution is 2.17. The lowest BCUT2D eigenvalue weighted by molar-refractivity contribution is 0.0955. The molecule has 0 radical (unpaired) electrons. The molecule has 2 rings (SSSR count). The van der Waals surface area contributed by atoms with Crippen molar-refractivity contribution in [1.82, 2.24) is 5.43 Å². The molecule has 2 aromatic rings. The van der Waals surface area contributed by atoms with E-state index in [1.807, 2.05) is 25.1 Å². The van der Waals surface area contributed by atoms with Crippen molar-refractivity contribution in [3.05, 3.63) is 69.7 Å². The Morgan fingerprint density at radius 3 is 2.45 bits per heavy atom. The van der Waals surface area contributed by atoms with Crippen LogP contribution in [0.15, 0.2) is 47.6 Å². The van der Waals surface area contributed by atoms with Crippen LogP contribution in [0.25, 0.3) is 0 Å². The lowest BCUT2D eigenvalue weighted by atomic mass is 10.0. The molecule has 0 unspecified atom stereocenters. The lowest BCUT2D eigenvalue weighted by Gasteiger charge is -2.05. The molecule has 0 fully saturated rings. The van der Waals surface area contributed by atoms with Crippen LogP contribution < -0.4 is 5.43 Å². The van der Waals surface area contributed by atoms with Gasteiger partial charge in [-0.1, -0.05) is 55.8 Å². The van der Waals surface area contributed by atoms with Crippen LogP contribution in [0.1, 0.15) is 46.8 Å². The number of carbonyl (C=O) groups is 1. The number of hydrazone groups is 1. The van der Waals surface area contributed by atoms with Crippen molar-refractivity contribution in [2.45, 2.75) is 26.7 Å². The summed E-state index contributed by atoms with van der Waals surface area (Å²) in [7, 11) is 0. The van der Waals surface area contributed by atoms with E-state index in [-0.39, 0.29) is 5.91 Å². The first-order valence-electron chi connectivity index (χ1n) is 7.17. The molecule has 4 heteroatoms. The molecule has 114 valence electrons. The number of carbonyl (C=O) groups excluding carboxylic acids is 1. The van der Waals surface area contributed by atoms with E-state index in [4.69, 9.17) is 11.6 Å². The van der Waals surface area contributed by atoms with Crippen LogP contribution in [-0.4, -0.2) is 12.1 Å². The summed E-state index contributed by atoms with van der Waals surface area (Å²) in [4.78, 5) is 12.0. The molecule has 3 nitrogen and oxygen atoms in total. The van der Waals surface area contributed by atoms with Gasteiger partial charge in [-0.3, -0.25) is 4.79 Å².